The van der Waals surface area contributed by atoms with E-state index in [1.54, 1.807) is 17.0 Å². The van der Waals surface area contributed by atoms with Crippen LogP contribution in [0.3, 0.4) is 0 Å². The topological polar surface area (TPSA) is 81.9 Å². The zero-order chi connectivity index (χ0) is 22.2. The van der Waals surface area contributed by atoms with Gasteiger partial charge in [-0.2, -0.15) is 5.26 Å². The van der Waals surface area contributed by atoms with Crippen LogP contribution in [0.15, 0.2) is 36.7 Å². The SMILES string of the molecule is N#CCC(=O)N(Cc1cc(-c2cc3c(NC4CC4)ncnc3cc2F)ccc1F)C1CC1. The Morgan fingerprint density at radius 3 is 2.66 bits per heavy atom. The van der Waals surface area contributed by atoms with Gasteiger partial charge in [-0.3, -0.25) is 4.79 Å². The van der Waals surface area contributed by atoms with Gasteiger partial charge in [0.25, 0.3) is 0 Å². The molecule has 0 radical (unpaired) electrons. The standard InChI is InChI=1S/C24H21F2N5O/c25-20-6-1-14(9-15(20)12-31(17-4-5-17)23(32)7-8-27)18-10-19-22(11-21(18)26)28-13-29-24(19)30-16-2-3-16/h1,6,9-11,13,16-17H,2-5,7,12H2,(H,28,29,30). The number of fused-ring (bicyclic) bond motifs is 1. The first kappa shape index (κ1) is 20.3. The third-order valence-corrected chi connectivity index (χ3v) is 5.88. The first-order valence-electron chi connectivity index (χ1n) is 10.7. The maximum atomic E-state index is 15.0. The Morgan fingerprint density at radius 2 is 1.94 bits per heavy atom. The van der Waals surface area contributed by atoms with Crippen LogP contribution in [0.25, 0.3) is 22.0 Å². The summed E-state index contributed by atoms with van der Waals surface area (Å²) in [4.78, 5) is 22.4. The molecule has 2 fully saturated rings. The lowest BCUT2D eigenvalue weighted by Gasteiger charge is -2.22. The summed E-state index contributed by atoms with van der Waals surface area (Å²) in [5.74, 6) is -0.594. The molecule has 2 aromatic carbocycles. The second kappa shape index (κ2) is 8.15. The molecular weight excluding hydrogens is 412 g/mol. The molecule has 162 valence electrons. The summed E-state index contributed by atoms with van der Waals surface area (Å²) in [5.41, 5.74) is 1.61. The van der Waals surface area contributed by atoms with E-state index in [0.29, 0.717) is 39.5 Å². The molecule has 1 N–H and O–H groups in total. The third-order valence-electron chi connectivity index (χ3n) is 5.88. The quantitative estimate of drug-likeness (QED) is 0.591. The fraction of sp³-hybridized carbons (Fsp3) is 0.333. The van der Waals surface area contributed by atoms with Crippen molar-refractivity contribution in [2.24, 2.45) is 0 Å². The van der Waals surface area contributed by atoms with Crippen molar-refractivity contribution in [3.8, 4) is 17.2 Å². The number of nitriles is 1. The Balaban J connectivity index is 1.51. The van der Waals surface area contributed by atoms with E-state index in [9.17, 15) is 13.6 Å². The van der Waals surface area contributed by atoms with E-state index in [1.807, 2.05) is 6.07 Å². The van der Waals surface area contributed by atoms with Crippen molar-refractivity contribution in [2.45, 2.75) is 50.7 Å². The Kier molecular flexibility index (Phi) is 5.17. The fourth-order valence-corrected chi connectivity index (χ4v) is 3.86. The monoisotopic (exact) mass is 433 g/mol. The van der Waals surface area contributed by atoms with Crippen molar-refractivity contribution in [1.82, 2.24) is 14.9 Å². The zero-order valence-corrected chi connectivity index (χ0v) is 17.3. The molecule has 3 aromatic rings. The van der Waals surface area contributed by atoms with E-state index in [-0.39, 0.29) is 24.9 Å². The van der Waals surface area contributed by atoms with Gasteiger partial charge < -0.3 is 10.2 Å². The molecule has 6 nitrogen and oxygen atoms in total. The van der Waals surface area contributed by atoms with Crippen LogP contribution in [0.4, 0.5) is 14.6 Å². The van der Waals surface area contributed by atoms with Crippen LogP contribution in [0.1, 0.15) is 37.7 Å². The van der Waals surface area contributed by atoms with Gasteiger partial charge in [-0.1, -0.05) is 6.07 Å². The summed E-state index contributed by atoms with van der Waals surface area (Å²) in [6.07, 6.45) is 5.00. The number of nitrogens with zero attached hydrogens (tertiary/aromatic N) is 4. The second-order valence-corrected chi connectivity index (χ2v) is 8.38. The van der Waals surface area contributed by atoms with Gasteiger partial charge in [-0.25, -0.2) is 18.7 Å². The van der Waals surface area contributed by atoms with Gasteiger partial charge in [0.05, 0.1) is 11.6 Å². The second-order valence-electron chi connectivity index (χ2n) is 8.38. The summed E-state index contributed by atoms with van der Waals surface area (Å²) in [6, 6.07) is 9.71. The highest BCUT2D eigenvalue weighted by molar-refractivity contribution is 5.93. The predicted molar refractivity (Wildman–Crippen MR) is 115 cm³/mol. The first-order chi connectivity index (χ1) is 15.5. The zero-order valence-electron chi connectivity index (χ0n) is 17.3. The van der Waals surface area contributed by atoms with E-state index in [2.05, 4.69) is 15.3 Å². The van der Waals surface area contributed by atoms with Crippen molar-refractivity contribution >= 4 is 22.6 Å². The Morgan fingerprint density at radius 1 is 1.12 bits per heavy atom. The van der Waals surface area contributed by atoms with Crippen LogP contribution in [-0.2, 0) is 11.3 Å². The largest absolute Gasteiger partial charge is 0.367 e. The molecule has 32 heavy (non-hydrogen) atoms. The summed E-state index contributed by atoms with van der Waals surface area (Å²) in [7, 11) is 0. The number of benzene rings is 2. The summed E-state index contributed by atoms with van der Waals surface area (Å²) in [5, 5.41) is 12.9. The Bertz CT molecular complexity index is 1250. The summed E-state index contributed by atoms with van der Waals surface area (Å²) >= 11 is 0. The number of hydrogen-bond donors (Lipinski definition) is 1. The van der Waals surface area contributed by atoms with Crippen molar-refractivity contribution < 1.29 is 13.6 Å². The number of carbonyl (C=O) groups excluding carboxylic acids is 1. The molecule has 2 saturated carbocycles. The molecule has 2 aliphatic rings. The third kappa shape index (κ3) is 4.11. The van der Waals surface area contributed by atoms with Crippen molar-refractivity contribution in [2.75, 3.05) is 5.32 Å². The van der Waals surface area contributed by atoms with Gasteiger partial charge >= 0.3 is 0 Å². The highest BCUT2D eigenvalue weighted by atomic mass is 19.1. The molecule has 0 atom stereocenters. The molecule has 8 heteroatoms. The number of carbonyl (C=O) groups is 1. The minimum absolute atomic E-state index is 0.0320. The van der Waals surface area contributed by atoms with Crippen LogP contribution in [0, 0.1) is 23.0 Å². The van der Waals surface area contributed by atoms with Crippen LogP contribution in [0.5, 0.6) is 0 Å². The average molecular weight is 433 g/mol. The fourth-order valence-electron chi connectivity index (χ4n) is 3.86. The van der Waals surface area contributed by atoms with E-state index in [1.165, 1.54) is 24.5 Å². The van der Waals surface area contributed by atoms with E-state index in [0.717, 1.165) is 25.7 Å². The molecule has 5 rings (SSSR count). The molecule has 0 spiro atoms. The lowest BCUT2D eigenvalue weighted by molar-refractivity contribution is -0.131. The highest BCUT2D eigenvalue weighted by Gasteiger charge is 2.33. The summed E-state index contributed by atoms with van der Waals surface area (Å²) < 4.78 is 29.6. The van der Waals surface area contributed by atoms with E-state index < -0.39 is 11.6 Å². The summed E-state index contributed by atoms with van der Waals surface area (Å²) in [6.45, 7) is 0.0532. The van der Waals surface area contributed by atoms with Crippen LogP contribution in [0.2, 0.25) is 0 Å². The lowest BCUT2D eigenvalue weighted by atomic mass is 10.00. The average Bonchev–Trinajstić information content (AvgIpc) is 3.68. The van der Waals surface area contributed by atoms with Crippen molar-refractivity contribution in [1.29, 1.82) is 5.26 Å². The minimum Gasteiger partial charge on any atom is -0.367 e. The number of anilines is 1. The number of amides is 1. The Labute approximate surface area is 183 Å². The molecule has 1 aromatic heterocycles. The van der Waals surface area contributed by atoms with Gasteiger partial charge in [-0.05, 0) is 49.4 Å². The van der Waals surface area contributed by atoms with Crippen molar-refractivity contribution in [3.05, 3.63) is 53.9 Å². The smallest absolute Gasteiger partial charge is 0.237 e. The van der Waals surface area contributed by atoms with Crippen LogP contribution < -0.4 is 5.32 Å². The minimum atomic E-state index is -0.468. The number of hydrogen-bond acceptors (Lipinski definition) is 5. The molecule has 0 unspecified atom stereocenters. The van der Waals surface area contributed by atoms with E-state index in [4.69, 9.17) is 5.26 Å². The van der Waals surface area contributed by atoms with Crippen LogP contribution in [-0.4, -0.2) is 32.9 Å². The molecule has 0 aliphatic heterocycles. The molecule has 2 aliphatic carbocycles. The van der Waals surface area contributed by atoms with Gasteiger partial charge in [0, 0.05) is 41.2 Å². The normalized spacial score (nSPS) is 15.4. The molecule has 0 saturated heterocycles. The molecule has 1 amide bonds. The van der Waals surface area contributed by atoms with Crippen LogP contribution >= 0.6 is 0 Å². The van der Waals surface area contributed by atoms with Crippen molar-refractivity contribution in [3.63, 3.8) is 0 Å². The maximum Gasteiger partial charge on any atom is 0.237 e. The highest BCUT2D eigenvalue weighted by Crippen LogP contribution is 2.34. The molecular formula is C24H21F2N5O. The van der Waals surface area contributed by atoms with Gasteiger partial charge in [0.2, 0.25) is 5.91 Å². The molecule has 1 heterocycles. The van der Waals surface area contributed by atoms with E-state index >= 15 is 0 Å². The predicted octanol–water partition coefficient (Wildman–Crippen LogP) is 4.55. The Hall–Kier alpha value is -3.60. The van der Waals surface area contributed by atoms with Gasteiger partial charge in [0.15, 0.2) is 0 Å². The maximum absolute atomic E-state index is 15.0. The molecule has 0 bridgehead atoms. The number of aromatic nitrogens is 2. The van der Waals surface area contributed by atoms with Gasteiger partial charge in [-0.15, -0.1) is 0 Å². The first-order valence-corrected chi connectivity index (χ1v) is 10.7. The number of rotatable bonds is 7. The number of halogens is 2. The van der Waals surface area contributed by atoms with Gasteiger partial charge in [0.1, 0.15) is 30.2 Å². The number of nitrogens with one attached hydrogen (secondary N) is 1. The lowest BCUT2D eigenvalue weighted by Crippen LogP contribution is -2.32.